The first-order valence-corrected chi connectivity index (χ1v) is 6.61. The third-order valence-electron chi connectivity index (χ3n) is 2.77. The Balaban J connectivity index is 0.000000451. The maximum atomic E-state index is 12.6. The van der Waals surface area contributed by atoms with Crippen molar-refractivity contribution in [2.45, 2.75) is 0 Å². The van der Waals surface area contributed by atoms with E-state index < -0.39 is 41.7 Å². The molecule has 2 rings (SSSR count). The molecule has 0 heterocycles. The Bertz CT molecular complexity index is 646. The van der Waals surface area contributed by atoms with Crippen LogP contribution in [0.4, 0.5) is 27.6 Å². The Kier molecular flexibility index (Phi) is 9.68. The number of halogens is 5. The first-order valence-electron chi connectivity index (χ1n) is 6.61. The first-order chi connectivity index (χ1) is 11.7. The lowest BCUT2D eigenvalue weighted by Gasteiger charge is -2.10. The molecule has 25 heavy (non-hydrogen) atoms. The summed E-state index contributed by atoms with van der Waals surface area (Å²) in [5.74, 6) is -3.28. The van der Waals surface area contributed by atoms with E-state index in [1.807, 2.05) is 32.3 Å². The van der Waals surface area contributed by atoms with Crippen molar-refractivity contribution >= 4 is 18.3 Å². The molecule has 0 saturated carbocycles. The van der Waals surface area contributed by atoms with E-state index in [4.69, 9.17) is 10.0 Å². The van der Waals surface area contributed by atoms with E-state index >= 15 is 0 Å². The van der Waals surface area contributed by atoms with Gasteiger partial charge in [-0.05, 0) is 12.1 Å². The molecule has 0 bridgehead atoms. The van der Waals surface area contributed by atoms with Crippen molar-refractivity contribution in [3.8, 4) is 0 Å². The van der Waals surface area contributed by atoms with Crippen molar-refractivity contribution in [3.63, 3.8) is 0 Å². The zero-order valence-electron chi connectivity index (χ0n) is 13.4. The van der Waals surface area contributed by atoms with Crippen LogP contribution >= 0.6 is 0 Å². The molecule has 0 aliphatic carbocycles. The molecule has 0 aliphatic rings. The van der Waals surface area contributed by atoms with Crippen molar-refractivity contribution in [1.82, 2.24) is 0 Å². The summed E-state index contributed by atoms with van der Waals surface area (Å²) in [6.45, 7) is 0. The van der Waals surface area contributed by atoms with Crippen molar-refractivity contribution in [2.75, 3.05) is 19.0 Å². The van der Waals surface area contributed by atoms with E-state index in [0.717, 1.165) is 0 Å². The number of anilines is 1. The summed E-state index contributed by atoms with van der Waals surface area (Å²) in [5.41, 5.74) is -0.418. The van der Waals surface area contributed by atoms with E-state index in [-0.39, 0.29) is 0 Å². The lowest BCUT2D eigenvalue weighted by atomic mass is 9.79. The Morgan fingerprint density at radius 2 is 1.12 bits per heavy atom. The molecule has 6 N–H and O–H groups in total. The average molecular weight is 365 g/mol. The molecule has 2 aromatic carbocycles. The van der Waals surface area contributed by atoms with E-state index in [2.05, 4.69) is 28.7 Å². The van der Waals surface area contributed by atoms with Gasteiger partial charge in [0.1, 0.15) is 0 Å². The Morgan fingerprint density at radius 1 is 0.760 bits per heavy atom. The number of hydrogen-bond acceptors (Lipinski definition) is 5. The molecule has 0 aromatic heterocycles. The van der Waals surface area contributed by atoms with Crippen LogP contribution in [0.3, 0.4) is 0 Å². The van der Waals surface area contributed by atoms with Crippen LogP contribution in [0.1, 0.15) is 0 Å². The fraction of sp³-hybridized carbons (Fsp3) is 0.143. The Morgan fingerprint density at radius 3 is 1.40 bits per heavy atom. The second-order valence-electron chi connectivity index (χ2n) is 4.59. The van der Waals surface area contributed by atoms with Gasteiger partial charge in [0.2, 0.25) is 0 Å². The molecular formula is C14H17BF5N3O2. The summed E-state index contributed by atoms with van der Waals surface area (Å²) < 4.78 is 62.4. The highest BCUT2D eigenvalue weighted by Crippen LogP contribution is 2.16. The molecular weight excluding hydrogens is 348 g/mol. The zero-order chi connectivity index (χ0) is 19.7. The monoisotopic (exact) mass is 365 g/mol. The number of benzene rings is 2. The van der Waals surface area contributed by atoms with Crippen LogP contribution in [-0.4, -0.2) is 31.3 Å². The second-order valence-corrected chi connectivity index (χ2v) is 4.59. The van der Waals surface area contributed by atoms with Gasteiger partial charge in [-0.15, -0.1) is 0 Å². The summed E-state index contributed by atoms with van der Waals surface area (Å²) in [4.78, 5) is 2.08. The topological polar surface area (TPSA) is 95.7 Å². The van der Waals surface area contributed by atoms with Crippen LogP contribution in [-0.2, 0) is 0 Å². The molecule has 0 fully saturated rings. The maximum absolute atomic E-state index is 12.6. The predicted octanol–water partition coefficient (Wildman–Crippen LogP) is 0.633. The predicted molar refractivity (Wildman–Crippen MR) is 85.2 cm³/mol. The van der Waals surface area contributed by atoms with Crippen LogP contribution in [0, 0.1) is 29.1 Å². The van der Waals surface area contributed by atoms with Crippen LogP contribution in [0.15, 0.2) is 30.3 Å². The minimum Gasteiger partial charge on any atom is -0.423 e. The molecule has 0 unspecified atom stereocenters. The van der Waals surface area contributed by atoms with Gasteiger partial charge in [0.15, 0.2) is 29.1 Å². The number of para-hydroxylation sites is 1. The summed E-state index contributed by atoms with van der Waals surface area (Å²) in [6.07, 6.45) is 0. The standard InChI is InChI=1S/C8H11N.C6H2BF5O2.H4N2/c1-9(2)8-6-4-3-5-7-8;8-2-1(7(13)14)3(9)5(11)6(12)4(2)10;1-2/h3-7H,1-2H3;13-14H;1-2H2. The van der Waals surface area contributed by atoms with Gasteiger partial charge in [0.05, 0.1) is 5.46 Å². The lowest BCUT2D eigenvalue weighted by molar-refractivity contribution is 0.373. The van der Waals surface area contributed by atoms with Gasteiger partial charge < -0.3 is 14.9 Å². The summed E-state index contributed by atoms with van der Waals surface area (Å²) in [6, 6.07) is 10.3. The molecule has 0 aliphatic heterocycles. The Labute approximate surface area is 141 Å². The van der Waals surface area contributed by atoms with Crippen LogP contribution in [0.2, 0.25) is 0 Å². The average Bonchev–Trinajstić information content (AvgIpc) is 2.61. The molecule has 2 aromatic rings. The summed E-state index contributed by atoms with van der Waals surface area (Å²) >= 11 is 0. The van der Waals surface area contributed by atoms with Gasteiger partial charge in [-0.2, -0.15) is 0 Å². The maximum Gasteiger partial charge on any atom is 0.494 e. The van der Waals surface area contributed by atoms with E-state index in [1.54, 1.807) is 0 Å². The van der Waals surface area contributed by atoms with Gasteiger partial charge in [-0.25, -0.2) is 22.0 Å². The third kappa shape index (κ3) is 5.98. The number of hydrogen-bond donors (Lipinski definition) is 4. The largest absolute Gasteiger partial charge is 0.494 e. The van der Waals surface area contributed by atoms with E-state index in [0.29, 0.717) is 0 Å². The smallest absolute Gasteiger partial charge is 0.423 e. The quantitative estimate of drug-likeness (QED) is 0.156. The molecule has 0 spiro atoms. The number of nitrogens with two attached hydrogens (primary N) is 2. The second kappa shape index (κ2) is 10.6. The number of rotatable bonds is 2. The van der Waals surface area contributed by atoms with Gasteiger partial charge >= 0.3 is 7.12 Å². The highest BCUT2D eigenvalue weighted by atomic mass is 19.2. The van der Waals surface area contributed by atoms with E-state index in [9.17, 15) is 22.0 Å². The van der Waals surface area contributed by atoms with Gasteiger partial charge in [-0.3, -0.25) is 11.7 Å². The van der Waals surface area contributed by atoms with Gasteiger partial charge in [0, 0.05) is 19.8 Å². The van der Waals surface area contributed by atoms with Crippen LogP contribution in [0.5, 0.6) is 0 Å². The molecule has 0 amide bonds. The van der Waals surface area contributed by atoms with Crippen molar-refractivity contribution < 1.29 is 32.0 Å². The highest BCUT2D eigenvalue weighted by molar-refractivity contribution is 6.58. The van der Waals surface area contributed by atoms with Gasteiger partial charge in [0.25, 0.3) is 0 Å². The minimum atomic E-state index is -2.76. The zero-order valence-corrected chi connectivity index (χ0v) is 13.4. The fourth-order valence-electron chi connectivity index (χ4n) is 1.57. The van der Waals surface area contributed by atoms with Gasteiger partial charge in [-0.1, -0.05) is 18.2 Å². The molecule has 0 radical (unpaired) electrons. The molecule has 5 nitrogen and oxygen atoms in total. The van der Waals surface area contributed by atoms with Crippen molar-refractivity contribution in [2.24, 2.45) is 11.7 Å². The van der Waals surface area contributed by atoms with E-state index in [1.165, 1.54) is 5.69 Å². The van der Waals surface area contributed by atoms with Crippen LogP contribution < -0.4 is 22.0 Å². The fourth-order valence-corrected chi connectivity index (χ4v) is 1.57. The van der Waals surface area contributed by atoms with Crippen molar-refractivity contribution in [1.29, 1.82) is 0 Å². The molecule has 0 atom stereocenters. The third-order valence-corrected chi connectivity index (χ3v) is 2.77. The Hall–Kier alpha value is -2.21. The summed E-state index contributed by atoms with van der Waals surface area (Å²) in [5, 5.41) is 16.7. The minimum absolute atomic E-state index is 1.25. The highest BCUT2D eigenvalue weighted by Gasteiger charge is 2.31. The molecule has 11 heteroatoms. The van der Waals surface area contributed by atoms with Crippen molar-refractivity contribution in [3.05, 3.63) is 59.4 Å². The lowest BCUT2D eigenvalue weighted by Crippen LogP contribution is -2.38. The first kappa shape index (κ1) is 22.8. The normalized spacial score (nSPS) is 9.40. The molecule has 138 valence electrons. The van der Waals surface area contributed by atoms with Crippen LogP contribution in [0.25, 0.3) is 0 Å². The number of nitrogens with zero attached hydrogens (tertiary/aromatic N) is 1. The SMILES string of the molecule is CN(C)c1ccccc1.NN.OB(O)c1c(F)c(F)c(F)c(F)c1F. The molecule has 0 saturated heterocycles. The number of hydrazine groups is 1. The summed E-state index contributed by atoms with van der Waals surface area (Å²) in [7, 11) is 1.31.